The van der Waals surface area contributed by atoms with Crippen LogP contribution in [0.3, 0.4) is 0 Å². The topological polar surface area (TPSA) is 74.5 Å². The van der Waals surface area contributed by atoms with Crippen molar-refractivity contribution in [3.63, 3.8) is 0 Å². The van der Waals surface area contributed by atoms with E-state index < -0.39 is 0 Å². The molecule has 3 rings (SSSR count). The lowest BCUT2D eigenvalue weighted by molar-refractivity contribution is 0.390. The van der Waals surface area contributed by atoms with Gasteiger partial charge in [0.2, 0.25) is 0 Å². The first-order chi connectivity index (χ1) is 9.88. The van der Waals surface area contributed by atoms with Gasteiger partial charge in [0.1, 0.15) is 5.69 Å². The number of fused-ring (bicyclic) bond motifs is 1. The first kappa shape index (κ1) is 12.4. The van der Waals surface area contributed by atoms with Gasteiger partial charge in [0.05, 0.1) is 5.52 Å². The van der Waals surface area contributed by atoms with Gasteiger partial charge in [-0.05, 0) is 30.2 Å². The Balaban J connectivity index is 1.74. The van der Waals surface area contributed by atoms with Crippen LogP contribution >= 0.6 is 0 Å². The van der Waals surface area contributed by atoms with E-state index in [1.54, 1.807) is 10.7 Å². The Morgan fingerprint density at radius 1 is 1.20 bits per heavy atom. The molecule has 3 N–H and O–H groups in total. The van der Waals surface area contributed by atoms with Crippen LogP contribution in [-0.4, -0.2) is 26.4 Å². The summed E-state index contributed by atoms with van der Waals surface area (Å²) >= 11 is 0. The van der Waals surface area contributed by atoms with Crippen LogP contribution in [0, 0.1) is 0 Å². The summed E-state index contributed by atoms with van der Waals surface area (Å²) in [6, 6.07) is 9.63. The van der Waals surface area contributed by atoms with Crippen molar-refractivity contribution in [1.82, 2.24) is 14.6 Å². The third kappa shape index (κ3) is 2.41. The van der Waals surface area contributed by atoms with E-state index >= 15 is 0 Å². The van der Waals surface area contributed by atoms with Crippen LogP contribution in [0.15, 0.2) is 48.9 Å². The quantitative estimate of drug-likeness (QED) is 0.619. The summed E-state index contributed by atoms with van der Waals surface area (Å²) in [5.74, 6) is 0.627. The van der Waals surface area contributed by atoms with E-state index in [0.29, 0.717) is 18.1 Å². The molecule has 6 nitrogen and oxygen atoms in total. The maximum Gasteiger partial charge on any atom is 0.174 e. The zero-order valence-corrected chi connectivity index (χ0v) is 10.8. The van der Waals surface area contributed by atoms with Crippen molar-refractivity contribution in [2.24, 2.45) is 0 Å². The SMILES string of the molecule is ONc1c(NCCc2cccnc2)nn2ccccc12. The smallest absolute Gasteiger partial charge is 0.174 e. The molecule has 0 spiro atoms. The van der Waals surface area contributed by atoms with Gasteiger partial charge < -0.3 is 5.32 Å². The number of pyridine rings is 2. The van der Waals surface area contributed by atoms with Crippen LogP contribution in [0.4, 0.5) is 11.5 Å². The molecule has 0 fully saturated rings. The molecule has 0 aliphatic rings. The molecule has 0 atom stereocenters. The van der Waals surface area contributed by atoms with E-state index in [4.69, 9.17) is 0 Å². The van der Waals surface area contributed by atoms with Gasteiger partial charge >= 0.3 is 0 Å². The maximum absolute atomic E-state index is 9.27. The average molecular weight is 269 g/mol. The molecule has 0 saturated heterocycles. The fourth-order valence-corrected chi connectivity index (χ4v) is 2.10. The Hall–Kier alpha value is -2.60. The van der Waals surface area contributed by atoms with Crippen LogP contribution in [-0.2, 0) is 6.42 Å². The molecule has 3 aromatic heterocycles. The Kier molecular flexibility index (Phi) is 3.47. The highest BCUT2D eigenvalue weighted by Gasteiger charge is 2.10. The minimum Gasteiger partial charge on any atom is -0.366 e. The van der Waals surface area contributed by atoms with Gasteiger partial charge in [-0.15, -0.1) is 5.10 Å². The molecular weight excluding hydrogens is 254 g/mol. The second kappa shape index (κ2) is 5.58. The van der Waals surface area contributed by atoms with Gasteiger partial charge in [-0.2, -0.15) is 0 Å². The Morgan fingerprint density at radius 3 is 2.95 bits per heavy atom. The molecule has 20 heavy (non-hydrogen) atoms. The molecule has 0 aromatic carbocycles. The highest BCUT2D eigenvalue weighted by Crippen LogP contribution is 2.25. The summed E-state index contributed by atoms with van der Waals surface area (Å²) in [5, 5.41) is 16.9. The summed E-state index contributed by atoms with van der Waals surface area (Å²) in [6.07, 6.45) is 6.28. The van der Waals surface area contributed by atoms with Crippen molar-refractivity contribution in [2.45, 2.75) is 6.42 Å². The fourth-order valence-electron chi connectivity index (χ4n) is 2.10. The largest absolute Gasteiger partial charge is 0.366 e. The molecule has 0 amide bonds. The zero-order valence-electron chi connectivity index (χ0n) is 10.8. The number of rotatable bonds is 5. The summed E-state index contributed by atoms with van der Waals surface area (Å²) in [5.41, 5.74) is 4.76. The van der Waals surface area contributed by atoms with E-state index in [1.807, 2.05) is 42.7 Å². The number of nitrogens with zero attached hydrogens (tertiary/aromatic N) is 3. The zero-order chi connectivity index (χ0) is 13.8. The predicted octanol–water partition coefficient (Wildman–Crippen LogP) is 2.18. The summed E-state index contributed by atoms with van der Waals surface area (Å²) in [6.45, 7) is 0.713. The van der Waals surface area contributed by atoms with Crippen molar-refractivity contribution < 1.29 is 5.21 Å². The number of hydrogen-bond acceptors (Lipinski definition) is 5. The van der Waals surface area contributed by atoms with E-state index in [-0.39, 0.29) is 0 Å². The minimum absolute atomic E-state index is 0.580. The van der Waals surface area contributed by atoms with E-state index in [9.17, 15) is 5.21 Å². The van der Waals surface area contributed by atoms with Crippen LogP contribution in [0.2, 0.25) is 0 Å². The first-order valence-electron chi connectivity index (χ1n) is 6.39. The lowest BCUT2D eigenvalue weighted by Gasteiger charge is -2.05. The molecule has 0 saturated carbocycles. The third-order valence-electron chi connectivity index (χ3n) is 3.08. The van der Waals surface area contributed by atoms with Crippen molar-refractivity contribution in [3.8, 4) is 0 Å². The van der Waals surface area contributed by atoms with Gasteiger partial charge in [0, 0.05) is 25.1 Å². The molecule has 102 valence electrons. The van der Waals surface area contributed by atoms with Gasteiger partial charge in [-0.25, -0.2) is 4.52 Å². The lowest BCUT2D eigenvalue weighted by Crippen LogP contribution is -2.07. The molecule has 3 aromatic rings. The molecule has 6 heteroatoms. The molecule has 0 radical (unpaired) electrons. The predicted molar refractivity (Wildman–Crippen MR) is 77.0 cm³/mol. The standard InChI is InChI=1S/C14H15N5O/c20-18-13-12-5-1-2-9-19(12)17-14(13)16-8-6-11-4-3-7-15-10-11/h1-5,7,9-10,18,20H,6,8H2,(H,16,17). The van der Waals surface area contributed by atoms with Crippen LogP contribution in [0.5, 0.6) is 0 Å². The second-order valence-corrected chi connectivity index (χ2v) is 4.40. The van der Waals surface area contributed by atoms with E-state index in [0.717, 1.165) is 17.5 Å². The highest BCUT2D eigenvalue weighted by molar-refractivity contribution is 5.82. The fraction of sp³-hybridized carbons (Fsp3) is 0.143. The van der Waals surface area contributed by atoms with E-state index in [2.05, 4.69) is 20.9 Å². The van der Waals surface area contributed by atoms with Crippen molar-refractivity contribution in [3.05, 3.63) is 54.5 Å². The Labute approximate surface area is 116 Å². The molecule has 0 aliphatic carbocycles. The molecule has 0 unspecified atom stereocenters. The first-order valence-corrected chi connectivity index (χ1v) is 6.39. The van der Waals surface area contributed by atoms with Gasteiger partial charge in [0.25, 0.3) is 0 Å². The molecule has 3 heterocycles. The van der Waals surface area contributed by atoms with Crippen molar-refractivity contribution in [2.75, 3.05) is 17.3 Å². The van der Waals surface area contributed by atoms with Gasteiger partial charge in [0.15, 0.2) is 5.82 Å². The number of nitrogens with one attached hydrogen (secondary N) is 2. The summed E-state index contributed by atoms with van der Waals surface area (Å²) < 4.78 is 1.71. The highest BCUT2D eigenvalue weighted by atomic mass is 16.5. The number of hydrogen-bond donors (Lipinski definition) is 3. The maximum atomic E-state index is 9.27. The monoisotopic (exact) mass is 269 g/mol. The summed E-state index contributed by atoms with van der Waals surface area (Å²) in [4.78, 5) is 4.08. The van der Waals surface area contributed by atoms with Gasteiger partial charge in [-0.3, -0.25) is 15.7 Å². The summed E-state index contributed by atoms with van der Waals surface area (Å²) in [7, 11) is 0. The number of aromatic nitrogens is 3. The number of anilines is 2. The van der Waals surface area contributed by atoms with E-state index in [1.165, 1.54) is 0 Å². The Bertz CT molecular complexity index is 695. The van der Waals surface area contributed by atoms with Crippen LogP contribution < -0.4 is 10.8 Å². The van der Waals surface area contributed by atoms with Crippen molar-refractivity contribution >= 4 is 17.0 Å². The van der Waals surface area contributed by atoms with Crippen molar-refractivity contribution in [1.29, 1.82) is 0 Å². The molecular formula is C14H15N5O. The average Bonchev–Trinajstić information content (AvgIpc) is 2.86. The normalized spacial score (nSPS) is 10.7. The molecule has 0 bridgehead atoms. The van der Waals surface area contributed by atoms with Crippen LogP contribution in [0.1, 0.15) is 5.56 Å². The lowest BCUT2D eigenvalue weighted by atomic mass is 10.2. The van der Waals surface area contributed by atoms with Crippen LogP contribution in [0.25, 0.3) is 5.52 Å². The molecule has 0 aliphatic heterocycles. The minimum atomic E-state index is 0.580. The second-order valence-electron chi connectivity index (χ2n) is 4.40. The van der Waals surface area contributed by atoms with Gasteiger partial charge in [-0.1, -0.05) is 12.1 Å². The third-order valence-corrected chi connectivity index (χ3v) is 3.08. The Morgan fingerprint density at radius 2 is 2.15 bits per heavy atom.